The van der Waals surface area contributed by atoms with Crippen LogP contribution in [0.5, 0.6) is 0 Å². The van der Waals surface area contributed by atoms with Gasteiger partial charge in [0, 0.05) is 44.8 Å². The van der Waals surface area contributed by atoms with E-state index in [2.05, 4.69) is 39.6 Å². The van der Waals surface area contributed by atoms with Crippen LogP contribution in [0.15, 0.2) is 41.7 Å². The fraction of sp³-hybridized carbons (Fsp3) is 0.667. The number of rotatable bonds is 8. The molecule has 0 bridgehead atoms. The number of hydrogen-bond acceptors (Lipinski definition) is 8. The van der Waals surface area contributed by atoms with Gasteiger partial charge in [0.15, 0.2) is 5.84 Å². The lowest BCUT2D eigenvalue weighted by Crippen LogP contribution is -2.26. The van der Waals surface area contributed by atoms with Crippen molar-refractivity contribution < 1.29 is 23.0 Å². The zero-order valence-electron chi connectivity index (χ0n) is 23.9. The molecule has 0 aliphatic carbocycles. The summed E-state index contributed by atoms with van der Waals surface area (Å²) < 4.78 is 42.1. The molecule has 37 heavy (non-hydrogen) atoms. The van der Waals surface area contributed by atoms with E-state index >= 15 is 0 Å². The first kappa shape index (κ1) is 37.5. The Balaban J connectivity index is 0. The second kappa shape index (κ2) is 22.3. The molecule has 0 radical (unpaired) electrons. The third-order valence-corrected chi connectivity index (χ3v) is 7.65. The molecule has 4 N–H and O–H groups in total. The Kier molecular flexibility index (Phi) is 22.6. The number of ether oxygens (including phenoxy) is 2. The first-order valence-corrected chi connectivity index (χ1v) is 15.0. The largest absolute Gasteiger partial charge is 0.511 e. The average molecular weight is 582 g/mol. The van der Waals surface area contributed by atoms with Crippen LogP contribution in [0.25, 0.3) is 0 Å². The summed E-state index contributed by atoms with van der Waals surface area (Å²) >= 11 is -0.184. The Bertz CT molecular complexity index is 847. The molecule has 2 heterocycles. The summed E-state index contributed by atoms with van der Waals surface area (Å²) in [5.41, 5.74) is 5.36. The number of amidine groups is 1. The lowest BCUT2D eigenvalue weighted by Gasteiger charge is -2.19. The summed E-state index contributed by atoms with van der Waals surface area (Å²) in [6, 6.07) is 0. The molecule has 13 heteroatoms. The van der Waals surface area contributed by atoms with E-state index in [1.54, 1.807) is 18.5 Å². The predicted octanol–water partition coefficient (Wildman–Crippen LogP) is 4.55. The van der Waals surface area contributed by atoms with Crippen molar-refractivity contribution in [1.29, 1.82) is 0 Å². The van der Waals surface area contributed by atoms with Gasteiger partial charge < -0.3 is 25.6 Å². The van der Waals surface area contributed by atoms with Gasteiger partial charge in [-0.1, -0.05) is 46.4 Å². The molecule has 3 unspecified atom stereocenters. The normalized spacial score (nSPS) is 19.7. The van der Waals surface area contributed by atoms with Crippen LogP contribution in [0.4, 0.5) is 0 Å². The minimum Gasteiger partial charge on any atom is -0.511 e. The molecular formula is C24H47N5O5S3. The van der Waals surface area contributed by atoms with Crippen LogP contribution in [0.1, 0.15) is 61.8 Å². The van der Waals surface area contributed by atoms with Gasteiger partial charge in [-0.25, -0.2) is 12.7 Å². The maximum absolute atomic E-state index is 12.1. The summed E-state index contributed by atoms with van der Waals surface area (Å²) in [4.78, 5) is 0.809. The lowest BCUT2D eigenvalue weighted by molar-refractivity contribution is 0.157. The molecule has 0 saturated carbocycles. The van der Waals surface area contributed by atoms with Gasteiger partial charge in [-0.15, -0.1) is 4.40 Å². The van der Waals surface area contributed by atoms with Crippen LogP contribution in [0.3, 0.4) is 0 Å². The second-order valence-electron chi connectivity index (χ2n) is 8.39. The molecule has 3 atom stereocenters. The third kappa shape index (κ3) is 19.1. The first-order valence-electron chi connectivity index (χ1n) is 12.0. The van der Waals surface area contributed by atoms with Crippen LogP contribution in [0.2, 0.25) is 0 Å². The number of nitrogens with one attached hydrogen (secondary N) is 1. The number of hydrogen-bond donors (Lipinski definition) is 3. The predicted molar refractivity (Wildman–Crippen MR) is 161 cm³/mol. The summed E-state index contributed by atoms with van der Waals surface area (Å²) in [7, 11) is 1.93. The minimum absolute atomic E-state index is 0.0800. The maximum Gasteiger partial charge on any atom is 0.267 e. The molecular weight excluding hydrogens is 534 g/mol. The van der Waals surface area contributed by atoms with E-state index in [1.807, 2.05) is 33.8 Å². The SMILES string of the molecule is CC(C)C.CC1CC=C(CNC2=NS(=O)N=C2)O1.CCN(CC)S(=O)/C(S/C(C)=C/N)=C(/C)O.COC. The summed E-state index contributed by atoms with van der Waals surface area (Å²) in [5, 5.41) is 12.5. The van der Waals surface area contributed by atoms with Crippen molar-refractivity contribution in [2.45, 2.75) is 67.9 Å². The van der Waals surface area contributed by atoms with Gasteiger partial charge in [-0.05, 0) is 32.8 Å². The quantitative estimate of drug-likeness (QED) is 0.355. The first-order chi connectivity index (χ1) is 17.4. The van der Waals surface area contributed by atoms with Crippen LogP contribution < -0.4 is 11.1 Å². The molecule has 0 saturated heterocycles. The van der Waals surface area contributed by atoms with E-state index < -0.39 is 22.2 Å². The van der Waals surface area contributed by atoms with E-state index in [0.29, 0.717) is 29.7 Å². The maximum atomic E-state index is 12.1. The lowest BCUT2D eigenvalue weighted by atomic mass is 10.3. The summed E-state index contributed by atoms with van der Waals surface area (Å²) in [5.74, 6) is 2.37. The van der Waals surface area contributed by atoms with Gasteiger partial charge in [0.05, 0.1) is 18.9 Å². The molecule has 0 aromatic carbocycles. The molecule has 216 valence electrons. The highest BCUT2D eigenvalue weighted by Crippen LogP contribution is 2.30. The van der Waals surface area contributed by atoms with Gasteiger partial charge in [-0.2, -0.15) is 4.40 Å². The number of nitrogens with zero attached hydrogens (tertiary/aromatic N) is 3. The zero-order valence-corrected chi connectivity index (χ0v) is 26.4. The van der Waals surface area contributed by atoms with Crippen molar-refractivity contribution in [1.82, 2.24) is 9.62 Å². The monoisotopic (exact) mass is 581 g/mol. The van der Waals surface area contributed by atoms with Gasteiger partial charge in [0.2, 0.25) is 0 Å². The van der Waals surface area contributed by atoms with Crippen LogP contribution in [-0.2, 0) is 31.6 Å². The topological polar surface area (TPSA) is 139 Å². The number of aliphatic hydroxyl groups excluding tert-OH is 1. The number of thioether (sulfide) groups is 1. The summed E-state index contributed by atoms with van der Waals surface area (Å²) in [6.07, 6.45) is 6.16. The van der Waals surface area contributed by atoms with Gasteiger partial charge >= 0.3 is 0 Å². The molecule has 2 rings (SSSR count). The van der Waals surface area contributed by atoms with Crippen molar-refractivity contribution in [2.75, 3.05) is 33.9 Å². The number of aliphatic hydroxyl groups is 1. The zero-order chi connectivity index (χ0) is 29.0. The fourth-order valence-corrected chi connectivity index (χ4v) is 5.22. The van der Waals surface area contributed by atoms with Gasteiger partial charge in [0.1, 0.15) is 26.7 Å². The smallest absolute Gasteiger partial charge is 0.267 e. The molecule has 0 aromatic rings. The highest BCUT2D eigenvalue weighted by Gasteiger charge is 2.18. The molecule has 0 fully saturated rings. The van der Waals surface area contributed by atoms with Crippen molar-refractivity contribution >= 4 is 46.0 Å². The second-order valence-corrected chi connectivity index (χ2v) is 12.2. The van der Waals surface area contributed by atoms with Crippen LogP contribution >= 0.6 is 11.8 Å². The Morgan fingerprint density at radius 1 is 1.38 bits per heavy atom. The standard InChI is InChI=1S/C10H20N2O2S2.C8H11N3O2S.C4H10.C2H6O/c1-5-12(6-2)16(14)10(9(4)13)15-8(3)7-11;1-6-2-3-7(13-6)4-9-8-5-10-14(12)11-8;1-4(2)3;1-3-2/h7,13H,5-6,11H2,1-4H3;3,5-6H,2,4H2,1H3,(H,9,11);4H,1-3H3;1-2H3/b8-7+,10-9-;;;. The van der Waals surface area contributed by atoms with E-state index in [0.717, 1.165) is 23.0 Å². The summed E-state index contributed by atoms with van der Waals surface area (Å²) in [6.45, 7) is 17.7. The van der Waals surface area contributed by atoms with E-state index in [9.17, 15) is 13.5 Å². The molecule has 2 aliphatic heterocycles. The van der Waals surface area contributed by atoms with E-state index in [4.69, 9.17) is 10.5 Å². The Morgan fingerprint density at radius 3 is 2.27 bits per heavy atom. The third-order valence-electron chi connectivity index (χ3n) is 3.80. The van der Waals surface area contributed by atoms with Crippen molar-refractivity contribution in [3.05, 3.63) is 32.9 Å². The number of methoxy groups -OCH3 is 1. The highest BCUT2D eigenvalue weighted by molar-refractivity contribution is 8.18. The Hall–Kier alpha value is -1.67. The van der Waals surface area contributed by atoms with Gasteiger partial charge in [-0.3, -0.25) is 0 Å². The molecule has 0 amide bonds. The minimum atomic E-state index is -1.43. The van der Waals surface area contributed by atoms with Gasteiger partial charge in [0.25, 0.3) is 11.2 Å². The molecule has 0 aromatic heterocycles. The highest BCUT2D eigenvalue weighted by atomic mass is 32.2. The fourth-order valence-electron chi connectivity index (χ4n) is 2.24. The van der Waals surface area contributed by atoms with Crippen molar-refractivity contribution in [3.8, 4) is 0 Å². The Morgan fingerprint density at radius 2 is 1.92 bits per heavy atom. The van der Waals surface area contributed by atoms with Crippen LogP contribution in [0, 0.1) is 5.92 Å². The van der Waals surface area contributed by atoms with Crippen molar-refractivity contribution in [3.63, 3.8) is 0 Å². The number of allylic oxidation sites excluding steroid dienone is 2. The van der Waals surface area contributed by atoms with Crippen molar-refractivity contribution in [2.24, 2.45) is 20.4 Å². The van der Waals surface area contributed by atoms with E-state index in [1.165, 1.54) is 31.1 Å². The van der Waals surface area contributed by atoms with E-state index in [-0.39, 0.29) is 11.9 Å². The molecule has 10 nitrogen and oxygen atoms in total. The Labute approximate surface area is 233 Å². The average Bonchev–Trinajstić information content (AvgIpc) is 3.44. The number of nitrogens with two attached hydrogens (primary N) is 1. The molecule has 2 aliphatic rings. The van der Waals surface area contributed by atoms with Crippen LogP contribution in [-0.4, -0.2) is 69.8 Å². The molecule has 0 spiro atoms.